The summed E-state index contributed by atoms with van der Waals surface area (Å²) in [5.41, 5.74) is 6.72. The summed E-state index contributed by atoms with van der Waals surface area (Å²) in [6.07, 6.45) is 4.19. The molecule has 0 aliphatic carbocycles. The molecule has 0 bridgehead atoms. The van der Waals surface area contributed by atoms with E-state index < -0.39 is 0 Å². The molecule has 2 N–H and O–H groups in total. The lowest BCUT2D eigenvalue weighted by molar-refractivity contribution is 0.593. The van der Waals surface area contributed by atoms with Crippen LogP contribution in [0.1, 0.15) is 12.5 Å². The van der Waals surface area contributed by atoms with Crippen LogP contribution in [0.4, 0.5) is 4.39 Å². The first-order valence-electron chi connectivity index (χ1n) is 5.43. The van der Waals surface area contributed by atoms with E-state index in [0.29, 0.717) is 17.8 Å². The van der Waals surface area contributed by atoms with Gasteiger partial charge in [-0.3, -0.25) is 4.98 Å². The van der Waals surface area contributed by atoms with Gasteiger partial charge in [0.05, 0.1) is 0 Å². The van der Waals surface area contributed by atoms with Crippen molar-refractivity contribution in [3.8, 4) is 0 Å². The Morgan fingerprint density at radius 2 is 2.12 bits per heavy atom. The van der Waals surface area contributed by atoms with E-state index in [-0.39, 0.29) is 5.82 Å². The third-order valence-corrected chi connectivity index (χ3v) is 2.83. The van der Waals surface area contributed by atoms with Crippen molar-refractivity contribution in [1.82, 2.24) is 4.98 Å². The molecule has 84 valence electrons. The van der Waals surface area contributed by atoms with Gasteiger partial charge in [0, 0.05) is 23.2 Å². The lowest BCUT2D eigenvalue weighted by atomic mass is 9.97. The van der Waals surface area contributed by atoms with Gasteiger partial charge in [-0.2, -0.15) is 0 Å². The zero-order chi connectivity index (χ0) is 11.5. The number of fused-ring (bicyclic) bond motifs is 1. The van der Waals surface area contributed by atoms with Gasteiger partial charge >= 0.3 is 0 Å². The van der Waals surface area contributed by atoms with Crippen LogP contribution in [0.3, 0.4) is 0 Å². The molecule has 1 atom stereocenters. The summed E-state index contributed by atoms with van der Waals surface area (Å²) in [6, 6.07) is 5.05. The van der Waals surface area contributed by atoms with Gasteiger partial charge in [-0.05, 0) is 36.6 Å². The van der Waals surface area contributed by atoms with Crippen molar-refractivity contribution in [2.75, 3.05) is 6.54 Å². The highest BCUT2D eigenvalue weighted by Gasteiger charge is 2.08. The number of nitrogens with two attached hydrogens (primary N) is 1. The zero-order valence-corrected chi connectivity index (χ0v) is 9.28. The van der Waals surface area contributed by atoms with Gasteiger partial charge in [-0.1, -0.05) is 13.0 Å². The van der Waals surface area contributed by atoms with Crippen LogP contribution in [0.15, 0.2) is 30.6 Å². The Labute approximate surface area is 94.3 Å². The molecule has 2 nitrogen and oxygen atoms in total. The highest BCUT2D eigenvalue weighted by molar-refractivity contribution is 5.85. The Balaban J connectivity index is 2.50. The second-order valence-corrected chi connectivity index (χ2v) is 4.17. The minimum absolute atomic E-state index is 0.193. The second-order valence-electron chi connectivity index (χ2n) is 4.17. The summed E-state index contributed by atoms with van der Waals surface area (Å²) < 4.78 is 13.5. The van der Waals surface area contributed by atoms with E-state index in [4.69, 9.17) is 5.73 Å². The number of nitrogens with zero attached hydrogens (tertiary/aromatic N) is 1. The molecule has 1 unspecified atom stereocenters. The highest BCUT2D eigenvalue weighted by Crippen LogP contribution is 2.22. The van der Waals surface area contributed by atoms with E-state index in [9.17, 15) is 4.39 Å². The average Bonchev–Trinajstić information content (AvgIpc) is 2.33. The SMILES string of the molecule is CC(CN)Cc1ccc(F)c2ccncc12. The summed E-state index contributed by atoms with van der Waals surface area (Å²) in [4.78, 5) is 4.05. The van der Waals surface area contributed by atoms with Crippen LogP contribution in [0.2, 0.25) is 0 Å². The van der Waals surface area contributed by atoms with E-state index in [2.05, 4.69) is 11.9 Å². The van der Waals surface area contributed by atoms with Gasteiger partial charge in [0.2, 0.25) is 0 Å². The Bertz CT molecular complexity index is 496. The van der Waals surface area contributed by atoms with Crippen LogP contribution in [-0.2, 0) is 6.42 Å². The van der Waals surface area contributed by atoms with Crippen molar-refractivity contribution in [1.29, 1.82) is 0 Å². The molecule has 1 aromatic carbocycles. The summed E-state index contributed by atoms with van der Waals surface area (Å²) in [7, 11) is 0. The van der Waals surface area contributed by atoms with E-state index in [1.165, 1.54) is 6.07 Å². The lowest BCUT2D eigenvalue weighted by Gasteiger charge is -2.11. The smallest absolute Gasteiger partial charge is 0.131 e. The minimum Gasteiger partial charge on any atom is -0.330 e. The Hall–Kier alpha value is -1.48. The molecule has 0 fully saturated rings. The van der Waals surface area contributed by atoms with Gasteiger partial charge in [0.1, 0.15) is 5.82 Å². The first kappa shape index (κ1) is 11.0. The Kier molecular flexibility index (Phi) is 3.15. The topological polar surface area (TPSA) is 38.9 Å². The van der Waals surface area contributed by atoms with Gasteiger partial charge in [0.15, 0.2) is 0 Å². The number of halogens is 1. The van der Waals surface area contributed by atoms with Crippen LogP contribution in [-0.4, -0.2) is 11.5 Å². The number of rotatable bonds is 3. The van der Waals surface area contributed by atoms with Crippen LogP contribution in [0, 0.1) is 11.7 Å². The molecule has 0 aliphatic rings. The van der Waals surface area contributed by atoms with E-state index in [0.717, 1.165) is 17.4 Å². The maximum Gasteiger partial charge on any atom is 0.131 e. The van der Waals surface area contributed by atoms with Crippen molar-refractivity contribution in [3.05, 3.63) is 42.0 Å². The number of hydrogen-bond donors (Lipinski definition) is 1. The van der Waals surface area contributed by atoms with Crippen molar-refractivity contribution >= 4 is 10.8 Å². The zero-order valence-electron chi connectivity index (χ0n) is 9.28. The highest BCUT2D eigenvalue weighted by atomic mass is 19.1. The van der Waals surface area contributed by atoms with Gasteiger partial charge in [-0.15, -0.1) is 0 Å². The Morgan fingerprint density at radius 1 is 1.31 bits per heavy atom. The fourth-order valence-electron chi connectivity index (χ4n) is 1.85. The molecule has 0 radical (unpaired) electrons. The Morgan fingerprint density at radius 3 is 2.88 bits per heavy atom. The third kappa shape index (κ3) is 2.04. The van der Waals surface area contributed by atoms with E-state index in [1.54, 1.807) is 18.5 Å². The maximum atomic E-state index is 13.5. The normalized spacial score (nSPS) is 12.9. The molecule has 2 rings (SSSR count). The first-order valence-corrected chi connectivity index (χ1v) is 5.43. The second kappa shape index (κ2) is 4.58. The number of pyridine rings is 1. The predicted octanol–water partition coefficient (Wildman–Crippen LogP) is 2.51. The molecule has 1 aromatic heterocycles. The molecule has 0 spiro atoms. The minimum atomic E-state index is -0.193. The van der Waals surface area contributed by atoms with Crippen molar-refractivity contribution < 1.29 is 4.39 Å². The summed E-state index contributed by atoms with van der Waals surface area (Å²) in [5, 5.41) is 1.53. The van der Waals surface area contributed by atoms with Crippen molar-refractivity contribution in [3.63, 3.8) is 0 Å². The molecule has 16 heavy (non-hydrogen) atoms. The summed E-state index contributed by atoms with van der Waals surface area (Å²) in [6.45, 7) is 2.73. The molecule has 0 saturated heterocycles. The molecule has 3 heteroatoms. The molecule has 0 saturated carbocycles. The molecule has 0 amide bonds. The molecule has 0 aliphatic heterocycles. The largest absolute Gasteiger partial charge is 0.330 e. The quantitative estimate of drug-likeness (QED) is 0.859. The standard InChI is InChI=1S/C13H15FN2/c1-9(7-15)6-10-2-3-13(14)11-4-5-16-8-12(10)11/h2-5,8-9H,6-7,15H2,1H3. The van der Waals surface area contributed by atoms with E-state index >= 15 is 0 Å². The summed E-state index contributed by atoms with van der Waals surface area (Å²) >= 11 is 0. The molecule has 2 aromatic rings. The maximum absolute atomic E-state index is 13.5. The predicted molar refractivity (Wildman–Crippen MR) is 63.6 cm³/mol. The third-order valence-electron chi connectivity index (χ3n) is 2.83. The van der Waals surface area contributed by atoms with Crippen LogP contribution < -0.4 is 5.73 Å². The summed E-state index contributed by atoms with van der Waals surface area (Å²) in [5.74, 6) is 0.204. The number of hydrogen-bond acceptors (Lipinski definition) is 2. The first-order chi connectivity index (χ1) is 7.72. The van der Waals surface area contributed by atoms with E-state index in [1.807, 2.05) is 6.07 Å². The van der Waals surface area contributed by atoms with Gasteiger partial charge < -0.3 is 5.73 Å². The van der Waals surface area contributed by atoms with Crippen LogP contribution >= 0.6 is 0 Å². The van der Waals surface area contributed by atoms with Gasteiger partial charge in [0.25, 0.3) is 0 Å². The van der Waals surface area contributed by atoms with Crippen molar-refractivity contribution in [2.24, 2.45) is 11.7 Å². The van der Waals surface area contributed by atoms with Crippen molar-refractivity contribution in [2.45, 2.75) is 13.3 Å². The lowest BCUT2D eigenvalue weighted by Crippen LogP contribution is -2.13. The number of aromatic nitrogens is 1. The van der Waals surface area contributed by atoms with Gasteiger partial charge in [-0.25, -0.2) is 4.39 Å². The fraction of sp³-hybridized carbons (Fsp3) is 0.308. The number of benzene rings is 1. The molecular formula is C13H15FN2. The average molecular weight is 218 g/mol. The van der Waals surface area contributed by atoms with Crippen LogP contribution in [0.5, 0.6) is 0 Å². The molecule has 1 heterocycles. The fourth-order valence-corrected chi connectivity index (χ4v) is 1.85. The molecular weight excluding hydrogens is 203 g/mol. The van der Waals surface area contributed by atoms with Crippen LogP contribution in [0.25, 0.3) is 10.8 Å². The monoisotopic (exact) mass is 218 g/mol.